The van der Waals surface area contributed by atoms with E-state index in [0.29, 0.717) is 4.70 Å². The molecule has 174 valence electrons. The Morgan fingerprint density at radius 2 is 1.56 bits per heavy atom. The molecule has 12 heteroatoms. The fourth-order valence-corrected chi connectivity index (χ4v) is 3.34. The van der Waals surface area contributed by atoms with Crippen LogP contribution in [-0.2, 0) is 19.1 Å². The third-order valence-electron chi connectivity index (χ3n) is 3.28. The minimum absolute atomic E-state index is 0.146. The molecular formula is C20H17Cl2F3O5S2. The minimum atomic E-state index is -1.08. The Labute approximate surface area is 201 Å². The topological polar surface area (TPSA) is 69.7 Å². The summed E-state index contributed by atoms with van der Waals surface area (Å²) in [5.41, 5.74) is 0. The van der Waals surface area contributed by atoms with Crippen molar-refractivity contribution in [3.8, 4) is 5.75 Å². The molecule has 0 aliphatic carbocycles. The maximum Gasteiger partial charge on any atom is 0.373 e. The molecule has 0 unspecified atom stereocenters. The van der Waals surface area contributed by atoms with Crippen molar-refractivity contribution in [2.45, 2.75) is 6.92 Å². The smallest absolute Gasteiger partial charge is 0.373 e. The Morgan fingerprint density at radius 1 is 1.03 bits per heavy atom. The van der Waals surface area contributed by atoms with Crippen molar-refractivity contribution >= 4 is 69.4 Å². The van der Waals surface area contributed by atoms with Gasteiger partial charge in [0.2, 0.25) is 5.82 Å². The number of rotatable bonds is 2. The molecular weight excluding hydrogens is 512 g/mol. The molecule has 0 N–H and O–H groups in total. The van der Waals surface area contributed by atoms with Crippen molar-refractivity contribution in [2.24, 2.45) is 0 Å². The Hall–Kier alpha value is -2.23. The molecule has 1 aromatic heterocycles. The van der Waals surface area contributed by atoms with Gasteiger partial charge in [-0.2, -0.15) is 26.6 Å². The first-order valence-corrected chi connectivity index (χ1v) is 10.5. The number of thiophene rings is 1. The van der Waals surface area contributed by atoms with E-state index < -0.39 is 11.6 Å². The Morgan fingerprint density at radius 3 is 2.03 bits per heavy atom. The van der Waals surface area contributed by atoms with Crippen LogP contribution in [0.25, 0.3) is 10.1 Å². The second kappa shape index (κ2) is 15.6. The number of benzene rings is 2. The van der Waals surface area contributed by atoms with E-state index >= 15 is 0 Å². The number of ether oxygens (including phenoxy) is 2. The molecule has 0 aliphatic rings. The van der Waals surface area contributed by atoms with E-state index in [9.17, 15) is 18.0 Å². The van der Waals surface area contributed by atoms with Crippen LogP contribution >= 0.6 is 47.2 Å². The summed E-state index contributed by atoms with van der Waals surface area (Å²) in [5.74, 6) is -2.71. The lowest BCUT2D eigenvalue weighted by Gasteiger charge is -2.01. The van der Waals surface area contributed by atoms with Crippen LogP contribution in [0.1, 0.15) is 4.88 Å². The minimum Gasteiger partial charge on any atom is -0.494 e. The van der Waals surface area contributed by atoms with Crippen molar-refractivity contribution < 1.29 is 37.0 Å². The van der Waals surface area contributed by atoms with Gasteiger partial charge in [0, 0.05) is 4.88 Å². The Bertz CT molecular complexity index is 1070. The molecule has 3 aromatic rings. The van der Waals surface area contributed by atoms with Crippen LogP contribution in [0.3, 0.4) is 0 Å². The third-order valence-corrected chi connectivity index (χ3v) is 5.18. The SMILES string of the molecule is COC(=O)CS.COc1ccc(Cl)c(F)c1F.Cc1cc2ccc(Cl)c(F)c2s1.O=C=O. The third kappa shape index (κ3) is 9.50. The fourth-order valence-electron chi connectivity index (χ4n) is 1.90. The number of thiol groups is 1. The van der Waals surface area contributed by atoms with Gasteiger partial charge in [0.1, 0.15) is 0 Å². The van der Waals surface area contributed by atoms with Gasteiger partial charge in [-0.1, -0.05) is 29.3 Å². The second-order valence-corrected chi connectivity index (χ2v) is 7.72. The van der Waals surface area contributed by atoms with Gasteiger partial charge in [-0.3, -0.25) is 4.79 Å². The number of hydrogen-bond acceptors (Lipinski definition) is 7. The van der Waals surface area contributed by atoms with Crippen molar-refractivity contribution in [1.29, 1.82) is 0 Å². The largest absolute Gasteiger partial charge is 0.494 e. The molecule has 0 atom stereocenters. The van der Waals surface area contributed by atoms with Crippen molar-refractivity contribution in [3.63, 3.8) is 0 Å². The number of carbonyl (C=O) groups is 1. The number of aryl methyl sites for hydroxylation is 1. The van der Waals surface area contributed by atoms with Crippen molar-refractivity contribution in [1.82, 2.24) is 0 Å². The summed E-state index contributed by atoms with van der Waals surface area (Å²) < 4.78 is 47.9. The van der Waals surface area contributed by atoms with Crippen LogP contribution in [0.15, 0.2) is 30.3 Å². The molecule has 1 heterocycles. The lowest BCUT2D eigenvalue weighted by atomic mass is 10.2. The molecule has 0 fully saturated rings. The number of carbonyl (C=O) groups excluding carboxylic acids is 3. The lowest BCUT2D eigenvalue weighted by molar-refractivity contribution is -0.191. The summed E-state index contributed by atoms with van der Waals surface area (Å²) in [4.78, 5) is 27.2. The number of halogens is 5. The van der Waals surface area contributed by atoms with Gasteiger partial charge in [0.05, 0.1) is 34.7 Å². The molecule has 0 spiro atoms. The maximum atomic E-state index is 13.3. The van der Waals surface area contributed by atoms with Gasteiger partial charge in [-0.05, 0) is 36.6 Å². The summed E-state index contributed by atoms with van der Waals surface area (Å²) in [7, 11) is 2.59. The first kappa shape index (κ1) is 29.8. The number of esters is 1. The predicted octanol–water partition coefficient (Wildman–Crippen LogP) is 6.13. The van der Waals surface area contributed by atoms with E-state index in [-0.39, 0.29) is 39.5 Å². The first-order valence-electron chi connectivity index (χ1n) is 8.26. The predicted molar refractivity (Wildman–Crippen MR) is 120 cm³/mol. The number of hydrogen-bond donors (Lipinski definition) is 1. The van der Waals surface area contributed by atoms with Crippen molar-refractivity contribution in [3.05, 3.63) is 62.7 Å². The first-order chi connectivity index (χ1) is 15.1. The average Bonchev–Trinajstić information content (AvgIpc) is 3.17. The van der Waals surface area contributed by atoms with E-state index in [4.69, 9.17) is 32.8 Å². The van der Waals surface area contributed by atoms with Crippen LogP contribution in [-0.4, -0.2) is 32.1 Å². The van der Waals surface area contributed by atoms with Crippen molar-refractivity contribution in [2.75, 3.05) is 20.0 Å². The average molecular weight is 529 g/mol. The van der Waals surface area contributed by atoms with Gasteiger partial charge < -0.3 is 9.47 Å². The second-order valence-electron chi connectivity index (χ2n) is 5.33. The molecule has 0 saturated heterocycles. The van der Waals surface area contributed by atoms with Crippen LogP contribution in [0.5, 0.6) is 5.75 Å². The van der Waals surface area contributed by atoms with Gasteiger partial charge in [0.25, 0.3) is 0 Å². The highest BCUT2D eigenvalue weighted by Crippen LogP contribution is 2.31. The Kier molecular flexibility index (Phi) is 14.5. The standard InChI is InChI=1S/C9H6ClFS.C7H5ClF2O.C3H6O2S.CO2/c1-5-4-6-2-3-7(10)8(11)9(6)12-5;1-11-5-3-2-4(8)6(9)7(5)10;1-5-3(4)2-6;2-1-3/h2-4H,1H3;2-3H,1H3;6H,2H2,1H3;. The molecule has 0 aliphatic heterocycles. The van der Waals surface area contributed by atoms with Crippen LogP contribution in [0.4, 0.5) is 13.2 Å². The van der Waals surface area contributed by atoms with E-state index in [1.165, 1.54) is 37.7 Å². The summed E-state index contributed by atoms with van der Waals surface area (Å²) in [5, 5.41) is 0.882. The highest BCUT2D eigenvalue weighted by atomic mass is 35.5. The van der Waals surface area contributed by atoms with Crippen LogP contribution in [0.2, 0.25) is 10.0 Å². The maximum absolute atomic E-state index is 13.3. The Balaban J connectivity index is 0.000000445. The monoisotopic (exact) mass is 528 g/mol. The van der Waals surface area contributed by atoms with E-state index in [1.807, 2.05) is 19.1 Å². The molecule has 0 amide bonds. The van der Waals surface area contributed by atoms with Gasteiger partial charge in [0.15, 0.2) is 17.4 Å². The fraction of sp³-hybridized carbons (Fsp3) is 0.200. The lowest BCUT2D eigenvalue weighted by Crippen LogP contribution is -1.99. The van der Waals surface area contributed by atoms with Gasteiger partial charge in [-0.15, -0.1) is 11.3 Å². The molecule has 5 nitrogen and oxygen atoms in total. The summed E-state index contributed by atoms with van der Waals surface area (Å²) in [6.45, 7) is 1.96. The molecule has 0 saturated carbocycles. The molecule has 2 aromatic carbocycles. The highest BCUT2D eigenvalue weighted by Gasteiger charge is 2.11. The quantitative estimate of drug-likeness (QED) is 0.246. The van der Waals surface area contributed by atoms with Crippen LogP contribution in [0, 0.1) is 24.4 Å². The number of fused-ring (bicyclic) bond motifs is 1. The molecule has 3 rings (SSSR count). The molecule has 32 heavy (non-hydrogen) atoms. The molecule has 0 bridgehead atoms. The zero-order valence-electron chi connectivity index (χ0n) is 16.9. The highest BCUT2D eigenvalue weighted by molar-refractivity contribution is 7.81. The molecule has 0 radical (unpaired) electrons. The van der Waals surface area contributed by atoms with Crippen LogP contribution < -0.4 is 4.74 Å². The zero-order valence-corrected chi connectivity index (χ0v) is 20.1. The van der Waals surface area contributed by atoms with Gasteiger partial charge >= 0.3 is 12.1 Å². The number of methoxy groups -OCH3 is 2. The van der Waals surface area contributed by atoms with E-state index in [2.05, 4.69) is 22.1 Å². The van der Waals surface area contributed by atoms with E-state index in [1.54, 1.807) is 6.07 Å². The summed E-state index contributed by atoms with van der Waals surface area (Å²) >= 11 is 16.0. The van der Waals surface area contributed by atoms with E-state index in [0.717, 1.165) is 10.3 Å². The zero-order chi connectivity index (χ0) is 24.8. The normalized spacial score (nSPS) is 9.16. The summed E-state index contributed by atoms with van der Waals surface area (Å²) in [6, 6.07) is 7.88. The van der Waals surface area contributed by atoms with Gasteiger partial charge in [-0.25, -0.2) is 8.78 Å². The summed E-state index contributed by atoms with van der Waals surface area (Å²) in [6.07, 6.45) is 0.250.